The molecule has 20 heavy (non-hydrogen) atoms. The molecule has 0 aliphatic carbocycles. The average molecular weight is 276 g/mol. The number of carboxylic acid groups (broad SMARTS) is 1. The molecule has 0 spiro atoms. The van der Waals surface area contributed by atoms with Gasteiger partial charge in [-0.15, -0.1) is 0 Å². The number of aromatic carboxylic acids is 1. The second-order valence-corrected chi connectivity index (χ2v) is 4.86. The summed E-state index contributed by atoms with van der Waals surface area (Å²) in [7, 11) is 0. The number of rotatable bonds is 3. The van der Waals surface area contributed by atoms with Crippen molar-refractivity contribution >= 4 is 11.7 Å². The van der Waals surface area contributed by atoms with E-state index in [-0.39, 0.29) is 11.6 Å². The summed E-state index contributed by atoms with van der Waals surface area (Å²) in [5, 5.41) is 18.2. The van der Waals surface area contributed by atoms with Crippen molar-refractivity contribution < 1.29 is 14.6 Å². The van der Waals surface area contributed by atoms with E-state index in [0.717, 1.165) is 0 Å². The van der Waals surface area contributed by atoms with Crippen molar-refractivity contribution in [1.82, 2.24) is 9.97 Å². The Morgan fingerprint density at radius 3 is 3.00 bits per heavy atom. The molecule has 1 saturated heterocycles. The number of carbonyl (C=O) groups is 1. The van der Waals surface area contributed by atoms with Gasteiger partial charge in [0.1, 0.15) is 5.82 Å². The van der Waals surface area contributed by atoms with Crippen LogP contribution in [0.15, 0.2) is 6.20 Å². The first kappa shape index (κ1) is 14.2. The highest BCUT2D eigenvalue weighted by atomic mass is 16.5. The van der Waals surface area contributed by atoms with E-state index in [0.29, 0.717) is 31.2 Å². The highest BCUT2D eigenvalue weighted by Crippen LogP contribution is 2.22. The van der Waals surface area contributed by atoms with Crippen LogP contribution >= 0.6 is 0 Å². The van der Waals surface area contributed by atoms with Crippen LogP contribution in [0.1, 0.15) is 36.1 Å². The van der Waals surface area contributed by atoms with Crippen LogP contribution in [0.5, 0.6) is 0 Å². The summed E-state index contributed by atoms with van der Waals surface area (Å²) in [5.74, 6) is -0.542. The zero-order valence-corrected chi connectivity index (χ0v) is 11.4. The monoisotopic (exact) mass is 276 g/mol. The molecule has 7 nitrogen and oxygen atoms in total. The zero-order valence-electron chi connectivity index (χ0n) is 11.4. The van der Waals surface area contributed by atoms with Gasteiger partial charge in [0.25, 0.3) is 0 Å². The molecule has 2 heterocycles. The third-order valence-corrected chi connectivity index (χ3v) is 3.06. The number of morpholine rings is 1. The lowest BCUT2D eigenvalue weighted by molar-refractivity contribution is 0.0680. The number of aromatic nitrogens is 2. The lowest BCUT2D eigenvalue weighted by atomic mass is 10.2. The largest absolute Gasteiger partial charge is 0.476 e. The summed E-state index contributed by atoms with van der Waals surface area (Å²) in [6, 6.07) is 2.03. The van der Waals surface area contributed by atoms with Gasteiger partial charge in [-0.3, -0.25) is 0 Å². The van der Waals surface area contributed by atoms with Gasteiger partial charge in [-0.05, 0) is 0 Å². The Labute approximate surface area is 116 Å². The van der Waals surface area contributed by atoms with Crippen LogP contribution in [-0.4, -0.2) is 46.8 Å². The molecule has 7 heteroatoms. The Balaban J connectivity index is 2.35. The van der Waals surface area contributed by atoms with Crippen LogP contribution in [0.25, 0.3) is 0 Å². The second kappa shape index (κ2) is 5.84. The van der Waals surface area contributed by atoms with Crippen molar-refractivity contribution in [1.29, 1.82) is 5.26 Å². The van der Waals surface area contributed by atoms with E-state index < -0.39 is 12.1 Å². The predicted molar refractivity (Wildman–Crippen MR) is 70.6 cm³/mol. The molecule has 1 aliphatic heterocycles. The number of anilines is 1. The maximum atomic E-state index is 11.4. The molecule has 1 atom stereocenters. The zero-order chi connectivity index (χ0) is 14.7. The fourth-order valence-electron chi connectivity index (χ4n) is 2.00. The number of hydrogen-bond donors (Lipinski definition) is 1. The molecule has 1 unspecified atom stereocenters. The number of ether oxygens (including phenoxy) is 1. The molecule has 0 saturated carbocycles. The molecule has 1 N–H and O–H groups in total. The molecule has 2 rings (SSSR count). The third kappa shape index (κ3) is 2.86. The Hall–Kier alpha value is -2.20. The average Bonchev–Trinajstić information content (AvgIpc) is 2.46. The van der Waals surface area contributed by atoms with E-state index in [1.54, 1.807) is 4.90 Å². The molecule has 0 aromatic carbocycles. The van der Waals surface area contributed by atoms with Gasteiger partial charge in [0.2, 0.25) is 0 Å². The van der Waals surface area contributed by atoms with Crippen LogP contribution in [-0.2, 0) is 4.74 Å². The van der Waals surface area contributed by atoms with Gasteiger partial charge in [-0.25, -0.2) is 14.8 Å². The van der Waals surface area contributed by atoms with Crippen LogP contribution in [0, 0.1) is 11.3 Å². The molecule has 0 amide bonds. The number of nitriles is 1. The number of hydrogen-bond acceptors (Lipinski definition) is 6. The van der Waals surface area contributed by atoms with E-state index in [1.807, 2.05) is 19.9 Å². The Bertz CT molecular complexity index is 553. The van der Waals surface area contributed by atoms with Crippen LogP contribution in [0.4, 0.5) is 5.69 Å². The first-order chi connectivity index (χ1) is 9.52. The van der Waals surface area contributed by atoms with Gasteiger partial charge in [0.05, 0.1) is 31.1 Å². The topological polar surface area (TPSA) is 99.3 Å². The van der Waals surface area contributed by atoms with E-state index >= 15 is 0 Å². The van der Waals surface area contributed by atoms with Crippen LogP contribution in [0.3, 0.4) is 0 Å². The van der Waals surface area contributed by atoms with Crippen molar-refractivity contribution in [3.05, 3.63) is 17.7 Å². The van der Waals surface area contributed by atoms with Crippen molar-refractivity contribution in [2.24, 2.45) is 0 Å². The van der Waals surface area contributed by atoms with Gasteiger partial charge in [-0.2, -0.15) is 5.26 Å². The summed E-state index contributed by atoms with van der Waals surface area (Å²) in [6.45, 7) is 5.02. The highest BCUT2D eigenvalue weighted by Gasteiger charge is 2.25. The van der Waals surface area contributed by atoms with Crippen molar-refractivity contribution in [3.8, 4) is 6.07 Å². The first-order valence-corrected chi connectivity index (χ1v) is 6.39. The molecule has 1 aromatic heterocycles. The maximum absolute atomic E-state index is 11.4. The van der Waals surface area contributed by atoms with Gasteiger partial charge in [0.15, 0.2) is 11.8 Å². The minimum absolute atomic E-state index is 0.0257. The minimum Gasteiger partial charge on any atom is -0.476 e. The van der Waals surface area contributed by atoms with Crippen LogP contribution < -0.4 is 4.90 Å². The smallest absolute Gasteiger partial charge is 0.356 e. The minimum atomic E-state index is -1.09. The molecule has 0 bridgehead atoms. The van der Waals surface area contributed by atoms with E-state index in [4.69, 9.17) is 10.00 Å². The summed E-state index contributed by atoms with van der Waals surface area (Å²) >= 11 is 0. The lowest BCUT2D eigenvalue weighted by Crippen LogP contribution is -2.42. The first-order valence-electron chi connectivity index (χ1n) is 6.39. The SMILES string of the molecule is CC(C)c1ncc(N2CCOC(C#N)C2)c(C(=O)O)n1. The van der Waals surface area contributed by atoms with Crippen molar-refractivity contribution in [2.75, 3.05) is 24.6 Å². The highest BCUT2D eigenvalue weighted by molar-refractivity contribution is 5.92. The molecule has 106 valence electrons. The van der Waals surface area contributed by atoms with E-state index in [2.05, 4.69) is 9.97 Å². The maximum Gasteiger partial charge on any atom is 0.356 e. The summed E-state index contributed by atoms with van der Waals surface area (Å²) in [4.78, 5) is 21.5. The lowest BCUT2D eigenvalue weighted by Gasteiger charge is -2.31. The Morgan fingerprint density at radius 1 is 1.65 bits per heavy atom. The van der Waals surface area contributed by atoms with Gasteiger partial charge in [-0.1, -0.05) is 13.8 Å². The van der Waals surface area contributed by atoms with Crippen molar-refractivity contribution in [3.63, 3.8) is 0 Å². The fraction of sp³-hybridized carbons (Fsp3) is 0.538. The second-order valence-electron chi connectivity index (χ2n) is 4.86. The van der Waals surface area contributed by atoms with Gasteiger partial charge < -0.3 is 14.7 Å². The number of carboxylic acids is 1. The molecule has 0 radical (unpaired) electrons. The van der Waals surface area contributed by atoms with E-state index in [9.17, 15) is 9.90 Å². The summed E-state index contributed by atoms with van der Waals surface area (Å²) in [6.07, 6.45) is 0.959. The van der Waals surface area contributed by atoms with Crippen molar-refractivity contribution in [2.45, 2.75) is 25.9 Å². The molecule has 1 aromatic rings. The van der Waals surface area contributed by atoms with Gasteiger partial charge >= 0.3 is 5.97 Å². The predicted octanol–water partition coefficient (Wildman–Crippen LogP) is 1.03. The molecule has 1 aliphatic rings. The Morgan fingerprint density at radius 2 is 2.40 bits per heavy atom. The fourth-order valence-corrected chi connectivity index (χ4v) is 2.00. The molecular weight excluding hydrogens is 260 g/mol. The molecule has 1 fully saturated rings. The normalized spacial score (nSPS) is 18.9. The third-order valence-electron chi connectivity index (χ3n) is 3.06. The Kier molecular flexibility index (Phi) is 4.15. The van der Waals surface area contributed by atoms with Gasteiger partial charge in [0, 0.05) is 12.5 Å². The molecular formula is C13H16N4O3. The standard InChI is InChI=1S/C13H16N4O3/c1-8(2)12-15-6-10(11(16-12)13(18)19)17-3-4-20-9(5-14)7-17/h6,8-9H,3-4,7H2,1-2H3,(H,18,19). The van der Waals surface area contributed by atoms with Crippen LogP contribution in [0.2, 0.25) is 0 Å². The summed E-state index contributed by atoms with van der Waals surface area (Å²) < 4.78 is 5.25. The number of nitrogens with zero attached hydrogens (tertiary/aromatic N) is 4. The van der Waals surface area contributed by atoms with E-state index in [1.165, 1.54) is 6.20 Å². The summed E-state index contributed by atoms with van der Waals surface area (Å²) in [5.41, 5.74) is 0.410. The quantitative estimate of drug-likeness (QED) is 0.879.